The highest BCUT2D eigenvalue weighted by molar-refractivity contribution is 4.92. The van der Waals surface area contributed by atoms with Crippen LogP contribution < -0.4 is 5.32 Å². The van der Waals surface area contributed by atoms with E-state index < -0.39 is 0 Å². The third-order valence-electron chi connectivity index (χ3n) is 4.46. The lowest BCUT2D eigenvalue weighted by atomic mass is 9.79. The van der Waals surface area contributed by atoms with Crippen molar-refractivity contribution in [3.8, 4) is 0 Å². The molecular weight excluding hydrogens is 222 g/mol. The summed E-state index contributed by atoms with van der Waals surface area (Å²) in [6, 6.07) is 0.601. The topological polar surface area (TPSA) is 21.3 Å². The van der Waals surface area contributed by atoms with Gasteiger partial charge in [0, 0.05) is 12.0 Å². The van der Waals surface area contributed by atoms with Gasteiger partial charge in [-0.3, -0.25) is 0 Å². The molecular formula is C16H33NO. The first kappa shape index (κ1) is 16.0. The van der Waals surface area contributed by atoms with Gasteiger partial charge in [0.2, 0.25) is 0 Å². The smallest absolute Gasteiger partial charge is 0.0597 e. The molecule has 0 aromatic heterocycles. The molecule has 0 amide bonds. The summed E-state index contributed by atoms with van der Waals surface area (Å²) in [6.45, 7) is 17.1. The van der Waals surface area contributed by atoms with E-state index in [1.54, 1.807) is 0 Å². The number of hydrogen-bond acceptors (Lipinski definition) is 2. The molecule has 0 saturated carbocycles. The largest absolute Gasteiger partial charge is 0.375 e. The summed E-state index contributed by atoms with van der Waals surface area (Å²) in [5.74, 6) is 1.31. The summed E-state index contributed by atoms with van der Waals surface area (Å²) < 4.78 is 6.01. The van der Waals surface area contributed by atoms with Gasteiger partial charge in [0.05, 0.1) is 12.2 Å². The Hall–Kier alpha value is -0.0800. The predicted molar refractivity (Wildman–Crippen MR) is 78.8 cm³/mol. The first-order valence-corrected chi connectivity index (χ1v) is 7.65. The van der Waals surface area contributed by atoms with Crippen LogP contribution in [-0.4, -0.2) is 24.8 Å². The molecule has 108 valence electrons. The zero-order valence-corrected chi connectivity index (χ0v) is 13.4. The number of nitrogens with one attached hydrogen (secondary N) is 1. The lowest BCUT2D eigenvalue weighted by Gasteiger charge is -2.32. The first-order valence-electron chi connectivity index (χ1n) is 7.65. The van der Waals surface area contributed by atoms with Crippen LogP contribution in [0.1, 0.15) is 61.3 Å². The quantitative estimate of drug-likeness (QED) is 0.805. The Bertz CT molecular complexity index is 246. The fourth-order valence-corrected chi connectivity index (χ4v) is 3.27. The highest BCUT2D eigenvalue weighted by Gasteiger charge is 2.41. The Labute approximate surface area is 114 Å². The molecule has 2 nitrogen and oxygen atoms in total. The van der Waals surface area contributed by atoms with E-state index in [0.717, 1.165) is 6.54 Å². The fourth-order valence-electron chi connectivity index (χ4n) is 3.27. The molecule has 1 rings (SSSR count). The summed E-state index contributed by atoms with van der Waals surface area (Å²) >= 11 is 0. The van der Waals surface area contributed by atoms with Crippen molar-refractivity contribution in [3.05, 3.63) is 0 Å². The highest BCUT2D eigenvalue weighted by atomic mass is 16.5. The molecule has 1 aliphatic heterocycles. The van der Waals surface area contributed by atoms with Gasteiger partial charge in [-0.25, -0.2) is 0 Å². The van der Waals surface area contributed by atoms with Crippen LogP contribution in [0.2, 0.25) is 0 Å². The second kappa shape index (κ2) is 6.38. The standard InChI is InChI=1S/C16H33NO/c1-8-17-14(9-10-16(5,6)7)15-11(2)12(3)18-13(15)4/h11-15,17H,8-10H2,1-7H3. The summed E-state index contributed by atoms with van der Waals surface area (Å²) in [4.78, 5) is 0. The lowest BCUT2D eigenvalue weighted by Crippen LogP contribution is -2.42. The van der Waals surface area contributed by atoms with Gasteiger partial charge in [-0.2, -0.15) is 0 Å². The van der Waals surface area contributed by atoms with Gasteiger partial charge in [0.25, 0.3) is 0 Å². The van der Waals surface area contributed by atoms with Crippen molar-refractivity contribution in [2.45, 2.75) is 79.6 Å². The zero-order chi connectivity index (χ0) is 13.9. The normalized spacial score (nSPS) is 34.8. The predicted octanol–water partition coefficient (Wildman–Crippen LogP) is 3.85. The molecule has 5 atom stereocenters. The summed E-state index contributed by atoms with van der Waals surface area (Å²) in [5.41, 5.74) is 0.422. The van der Waals surface area contributed by atoms with E-state index in [9.17, 15) is 0 Å². The molecule has 2 heteroatoms. The summed E-state index contributed by atoms with van der Waals surface area (Å²) in [6.07, 6.45) is 3.32. The maximum atomic E-state index is 6.01. The van der Waals surface area contributed by atoms with Crippen molar-refractivity contribution in [1.29, 1.82) is 0 Å². The molecule has 1 aliphatic rings. The van der Waals surface area contributed by atoms with Crippen LogP contribution in [0.5, 0.6) is 0 Å². The van der Waals surface area contributed by atoms with Gasteiger partial charge in [0.1, 0.15) is 0 Å². The Kier molecular flexibility index (Phi) is 5.67. The van der Waals surface area contributed by atoms with E-state index in [-0.39, 0.29) is 0 Å². The highest BCUT2D eigenvalue weighted by Crippen LogP contribution is 2.37. The zero-order valence-electron chi connectivity index (χ0n) is 13.4. The number of hydrogen-bond donors (Lipinski definition) is 1. The van der Waals surface area contributed by atoms with Crippen LogP contribution in [0.3, 0.4) is 0 Å². The van der Waals surface area contributed by atoms with Crippen LogP contribution in [0, 0.1) is 17.3 Å². The van der Waals surface area contributed by atoms with Crippen molar-refractivity contribution in [2.24, 2.45) is 17.3 Å². The monoisotopic (exact) mass is 255 g/mol. The molecule has 5 unspecified atom stereocenters. The minimum absolute atomic E-state index is 0.388. The molecule has 0 bridgehead atoms. The van der Waals surface area contributed by atoms with Gasteiger partial charge in [0.15, 0.2) is 0 Å². The van der Waals surface area contributed by atoms with Crippen LogP contribution in [-0.2, 0) is 4.74 Å². The van der Waals surface area contributed by atoms with Gasteiger partial charge in [-0.05, 0) is 44.6 Å². The molecule has 0 radical (unpaired) electrons. The van der Waals surface area contributed by atoms with E-state index >= 15 is 0 Å². The molecule has 1 fully saturated rings. The summed E-state index contributed by atoms with van der Waals surface area (Å²) in [5, 5.41) is 3.70. The Morgan fingerprint density at radius 1 is 1.11 bits per heavy atom. The molecule has 1 saturated heterocycles. The van der Waals surface area contributed by atoms with E-state index in [1.807, 2.05) is 0 Å². The van der Waals surface area contributed by atoms with E-state index in [2.05, 4.69) is 53.8 Å². The molecule has 0 aromatic carbocycles. The molecule has 0 aromatic rings. The van der Waals surface area contributed by atoms with Crippen LogP contribution in [0.25, 0.3) is 0 Å². The fraction of sp³-hybridized carbons (Fsp3) is 1.00. The van der Waals surface area contributed by atoms with E-state index in [4.69, 9.17) is 4.74 Å². The average molecular weight is 255 g/mol. The molecule has 18 heavy (non-hydrogen) atoms. The lowest BCUT2D eigenvalue weighted by molar-refractivity contribution is 0.0467. The molecule has 1 N–H and O–H groups in total. The second-order valence-electron chi connectivity index (χ2n) is 7.25. The van der Waals surface area contributed by atoms with Crippen molar-refractivity contribution in [1.82, 2.24) is 5.32 Å². The van der Waals surface area contributed by atoms with Crippen LogP contribution in [0.4, 0.5) is 0 Å². The second-order valence-corrected chi connectivity index (χ2v) is 7.25. The van der Waals surface area contributed by atoms with Gasteiger partial charge < -0.3 is 10.1 Å². The summed E-state index contributed by atoms with van der Waals surface area (Å²) in [7, 11) is 0. The Balaban J connectivity index is 2.66. The van der Waals surface area contributed by atoms with Crippen molar-refractivity contribution in [3.63, 3.8) is 0 Å². The number of rotatable bonds is 5. The minimum atomic E-state index is 0.388. The third-order valence-corrected chi connectivity index (χ3v) is 4.46. The van der Waals surface area contributed by atoms with Crippen LogP contribution in [0.15, 0.2) is 0 Å². The molecule has 1 heterocycles. The third kappa shape index (κ3) is 4.24. The van der Waals surface area contributed by atoms with Gasteiger partial charge in [-0.1, -0.05) is 34.6 Å². The van der Waals surface area contributed by atoms with Crippen molar-refractivity contribution < 1.29 is 4.74 Å². The van der Waals surface area contributed by atoms with Gasteiger partial charge in [-0.15, -0.1) is 0 Å². The van der Waals surface area contributed by atoms with E-state index in [1.165, 1.54) is 12.8 Å². The van der Waals surface area contributed by atoms with Crippen LogP contribution >= 0.6 is 0 Å². The molecule has 0 spiro atoms. The van der Waals surface area contributed by atoms with Crippen molar-refractivity contribution in [2.75, 3.05) is 6.54 Å². The maximum absolute atomic E-state index is 6.01. The van der Waals surface area contributed by atoms with Crippen molar-refractivity contribution >= 4 is 0 Å². The SMILES string of the molecule is CCNC(CCC(C)(C)C)C1C(C)OC(C)C1C. The Morgan fingerprint density at radius 3 is 2.11 bits per heavy atom. The first-order chi connectivity index (χ1) is 8.26. The van der Waals surface area contributed by atoms with Gasteiger partial charge >= 0.3 is 0 Å². The minimum Gasteiger partial charge on any atom is -0.375 e. The van der Waals surface area contributed by atoms with E-state index in [0.29, 0.717) is 35.5 Å². The average Bonchev–Trinajstić information content (AvgIpc) is 2.48. The molecule has 0 aliphatic carbocycles. The number of ether oxygens (including phenoxy) is 1. The Morgan fingerprint density at radius 2 is 1.72 bits per heavy atom. The maximum Gasteiger partial charge on any atom is 0.0597 e.